The van der Waals surface area contributed by atoms with Gasteiger partial charge in [0.1, 0.15) is 11.5 Å². The van der Waals surface area contributed by atoms with E-state index in [9.17, 15) is 44.1 Å². The second-order valence-corrected chi connectivity index (χ2v) is 13.6. The van der Waals surface area contributed by atoms with Crippen molar-refractivity contribution in [1.29, 1.82) is 0 Å². The van der Waals surface area contributed by atoms with E-state index in [0.717, 1.165) is 0 Å². The molecule has 1 fully saturated rings. The summed E-state index contributed by atoms with van der Waals surface area (Å²) in [4.78, 5) is 82.8. The standard InChI is InChI=1S/C36H55N11O11/c1-27-40-42-36(43-41-27)30-8-7-28(22-38-30)39-32(50)6-2-5-31(49)37-9-19-58-21-20-57-18-3-4-29(48)23-44-10-12-45(24-33(51)52)14-16-47(26-35(55)56)17-15-46(13-11-44)25-34(53)54/h7-8,22H,2-6,9-21,23-26H2,1H3,(H,37,49)(H,39,50)(H,51,52)(H,53,54)(H,55,56). The van der Waals surface area contributed by atoms with Crippen LogP contribution in [0.25, 0.3) is 11.5 Å². The molecule has 0 bridgehead atoms. The number of carbonyl (C=O) groups is 6. The zero-order valence-electron chi connectivity index (χ0n) is 32.9. The second kappa shape index (κ2) is 26.7. The van der Waals surface area contributed by atoms with Crippen molar-refractivity contribution in [2.45, 2.75) is 39.0 Å². The summed E-state index contributed by atoms with van der Waals surface area (Å²) in [6.45, 7) is 5.23. The molecule has 1 aliphatic rings. The molecule has 2 amide bonds. The van der Waals surface area contributed by atoms with Gasteiger partial charge >= 0.3 is 17.9 Å². The van der Waals surface area contributed by atoms with Crippen LogP contribution in [0.2, 0.25) is 0 Å². The van der Waals surface area contributed by atoms with Gasteiger partial charge in [0.15, 0.2) is 5.82 Å². The molecule has 0 aliphatic carbocycles. The van der Waals surface area contributed by atoms with Gasteiger partial charge in [-0.2, -0.15) is 0 Å². The first kappa shape index (κ1) is 47.2. The summed E-state index contributed by atoms with van der Waals surface area (Å²) in [5.41, 5.74) is 0.961. The number of hydrogen-bond donors (Lipinski definition) is 5. The first-order valence-electron chi connectivity index (χ1n) is 19.1. The van der Waals surface area contributed by atoms with Crippen LogP contribution in [0.3, 0.4) is 0 Å². The van der Waals surface area contributed by atoms with Gasteiger partial charge in [0.25, 0.3) is 0 Å². The number of nitrogens with one attached hydrogen (secondary N) is 2. The van der Waals surface area contributed by atoms with E-state index in [0.29, 0.717) is 109 Å². The number of rotatable bonds is 24. The van der Waals surface area contributed by atoms with Gasteiger partial charge in [-0.15, -0.1) is 20.4 Å². The van der Waals surface area contributed by atoms with Gasteiger partial charge in [-0.3, -0.25) is 53.4 Å². The van der Waals surface area contributed by atoms with Crippen LogP contribution in [0.1, 0.15) is 37.9 Å². The second-order valence-electron chi connectivity index (χ2n) is 13.6. The van der Waals surface area contributed by atoms with Crippen LogP contribution in [0, 0.1) is 6.92 Å². The summed E-state index contributed by atoms with van der Waals surface area (Å²) in [6.07, 6.45) is 2.92. The smallest absolute Gasteiger partial charge is 0.317 e. The van der Waals surface area contributed by atoms with E-state index in [4.69, 9.17) is 9.47 Å². The van der Waals surface area contributed by atoms with Crippen LogP contribution >= 0.6 is 0 Å². The Bertz CT molecular complexity index is 1570. The van der Waals surface area contributed by atoms with Crippen molar-refractivity contribution in [1.82, 2.24) is 50.3 Å². The summed E-state index contributed by atoms with van der Waals surface area (Å²) in [5, 5.41) is 49.1. The van der Waals surface area contributed by atoms with Crippen molar-refractivity contribution in [3.05, 3.63) is 24.2 Å². The summed E-state index contributed by atoms with van der Waals surface area (Å²) in [7, 11) is 0. The van der Waals surface area contributed by atoms with Gasteiger partial charge in [0.05, 0.1) is 57.9 Å². The van der Waals surface area contributed by atoms with Gasteiger partial charge < -0.3 is 35.4 Å². The monoisotopic (exact) mass is 817 g/mol. The van der Waals surface area contributed by atoms with Crippen molar-refractivity contribution in [3.8, 4) is 11.5 Å². The normalized spacial score (nSPS) is 15.2. The molecule has 22 heteroatoms. The first-order chi connectivity index (χ1) is 27.9. The van der Waals surface area contributed by atoms with E-state index in [1.165, 1.54) is 6.20 Å². The number of carbonyl (C=O) groups excluding carboxylic acids is 3. The molecule has 2 aromatic heterocycles. The number of ether oxygens (including phenoxy) is 2. The van der Waals surface area contributed by atoms with Crippen molar-refractivity contribution in [2.24, 2.45) is 0 Å². The van der Waals surface area contributed by atoms with Crippen LogP contribution in [0.4, 0.5) is 5.69 Å². The number of Topliss-reactive ketones (excluding diaryl/α,β-unsaturated/α-hetero) is 1. The number of hydrogen-bond acceptors (Lipinski definition) is 17. The highest BCUT2D eigenvalue weighted by atomic mass is 16.5. The van der Waals surface area contributed by atoms with E-state index in [1.807, 2.05) is 4.90 Å². The fourth-order valence-electron chi connectivity index (χ4n) is 5.77. The Morgan fingerprint density at radius 1 is 0.621 bits per heavy atom. The first-order valence-corrected chi connectivity index (χ1v) is 19.1. The molecule has 0 aromatic carbocycles. The number of anilines is 1. The Kier molecular flexibility index (Phi) is 21.8. The van der Waals surface area contributed by atoms with Gasteiger partial charge in [-0.25, -0.2) is 0 Å². The van der Waals surface area contributed by atoms with Crippen LogP contribution in [0.15, 0.2) is 18.3 Å². The zero-order valence-corrected chi connectivity index (χ0v) is 32.9. The lowest BCUT2D eigenvalue weighted by atomic mass is 10.2. The third-order valence-corrected chi connectivity index (χ3v) is 8.75. The molecule has 3 rings (SSSR count). The van der Waals surface area contributed by atoms with E-state index in [2.05, 4.69) is 36.0 Å². The molecular weight excluding hydrogens is 762 g/mol. The fourth-order valence-corrected chi connectivity index (χ4v) is 5.77. The predicted octanol–water partition coefficient (Wildman–Crippen LogP) is -1.28. The number of aromatic nitrogens is 5. The van der Waals surface area contributed by atoms with Gasteiger partial charge in [-0.05, 0) is 31.9 Å². The maximum absolute atomic E-state index is 12.9. The molecule has 1 aliphatic heterocycles. The molecule has 0 saturated carbocycles. The number of amides is 2. The molecule has 22 nitrogen and oxygen atoms in total. The number of aryl methyl sites for hydroxylation is 1. The largest absolute Gasteiger partial charge is 0.480 e. The Labute approximate surface area is 336 Å². The Balaban J connectivity index is 1.25. The summed E-state index contributed by atoms with van der Waals surface area (Å²) < 4.78 is 11.1. The molecule has 0 radical (unpaired) electrons. The minimum absolute atomic E-state index is 0.0288. The summed E-state index contributed by atoms with van der Waals surface area (Å²) in [6, 6.07) is 3.31. The number of carboxylic acid groups (broad SMARTS) is 3. The Morgan fingerprint density at radius 3 is 1.62 bits per heavy atom. The van der Waals surface area contributed by atoms with Crippen LogP contribution in [-0.4, -0.2) is 207 Å². The van der Waals surface area contributed by atoms with E-state index in [-0.39, 0.29) is 75.5 Å². The number of aliphatic carboxylic acids is 3. The third kappa shape index (κ3) is 20.9. The average molecular weight is 818 g/mol. The van der Waals surface area contributed by atoms with Crippen LogP contribution in [-0.2, 0) is 38.2 Å². The molecule has 3 heterocycles. The lowest BCUT2D eigenvalue weighted by Gasteiger charge is -2.32. The van der Waals surface area contributed by atoms with Crippen molar-refractivity contribution in [3.63, 3.8) is 0 Å². The molecule has 1 saturated heterocycles. The Hall–Kier alpha value is -5.13. The number of pyridine rings is 1. The molecule has 58 heavy (non-hydrogen) atoms. The van der Waals surface area contributed by atoms with Gasteiger partial charge in [-0.1, -0.05) is 0 Å². The fraction of sp³-hybridized carbons (Fsp3) is 0.639. The molecule has 5 N–H and O–H groups in total. The minimum Gasteiger partial charge on any atom is -0.480 e. The zero-order chi connectivity index (χ0) is 42.1. The molecule has 0 atom stereocenters. The van der Waals surface area contributed by atoms with Crippen LogP contribution < -0.4 is 10.6 Å². The summed E-state index contributed by atoms with van der Waals surface area (Å²) >= 11 is 0. The van der Waals surface area contributed by atoms with Crippen LogP contribution in [0.5, 0.6) is 0 Å². The van der Waals surface area contributed by atoms with Crippen molar-refractivity contribution < 1.29 is 53.6 Å². The average Bonchev–Trinajstić information content (AvgIpc) is 3.16. The van der Waals surface area contributed by atoms with Gasteiger partial charge in [0, 0.05) is 84.8 Å². The number of ketones is 1. The lowest BCUT2D eigenvalue weighted by Crippen LogP contribution is -2.49. The van der Waals surface area contributed by atoms with Crippen molar-refractivity contribution in [2.75, 3.05) is 117 Å². The summed E-state index contributed by atoms with van der Waals surface area (Å²) in [5.74, 6) is -2.81. The molecular formula is C36H55N11O11. The highest BCUT2D eigenvalue weighted by Crippen LogP contribution is 2.14. The van der Waals surface area contributed by atoms with E-state index >= 15 is 0 Å². The highest BCUT2D eigenvalue weighted by Gasteiger charge is 2.21. The maximum Gasteiger partial charge on any atom is 0.317 e. The van der Waals surface area contributed by atoms with E-state index in [1.54, 1.807) is 33.8 Å². The third-order valence-electron chi connectivity index (χ3n) is 8.75. The predicted molar refractivity (Wildman–Crippen MR) is 206 cm³/mol. The Morgan fingerprint density at radius 2 is 1.12 bits per heavy atom. The quantitative estimate of drug-likeness (QED) is 0.0771. The number of nitrogens with zero attached hydrogens (tertiary/aromatic N) is 9. The molecule has 0 spiro atoms. The molecule has 2 aromatic rings. The van der Waals surface area contributed by atoms with E-state index < -0.39 is 17.9 Å². The molecule has 320 valence electrons. The molecule has 0 unspecified atom stereocenters. The minimum atomic E-state index is -1.03. The number of carboxylic acids is 3. The topological polar surface area (TPSA) is 283 Å². The SMILES string of the molecule is Cc1nnc(-c2ccc(NC(=O)CCCC(=O)NCCOCCOCCCC(=O)CN3CCN(CC(=O)O)CCN(CC(=O)O)CCN(CC(=O)O)CC3)cn2)nn1. The maximum atomic E-state index is 12.9. The van der Waals surface area contributed by atoms with Gasteiger partial charge in [0.2, 0.25) is 17.6 Å². The lowest BCUT2D eigenvalue weighted by molar-refractivity contribution is -0.140. The van der Waals surface area contributed by atoms with Crippen molar-refractivity contribution >= 4 is 41.2 Å². The highest BCUT2D eigenvalue weighted by molar-refractivity contribution is 5.91.